The SMILES string of the molecule is CC1(C)CN(S(=O)(=O)CCc2ccccn2)CC(CN)O1. The van der Waals surface area contributed by atoms with Gasteiger partial charge in [-0.25, -0.2) is 8.42 Å². The van der Waals surface area contributed by atoms with Crippen molar-refractivity contribution in [3.05, 3.63) is 30.1 Å². The van der Waals surface area contributed by atoms with E-state index in [4.69, 9.17) is 10.5 Å². The summed E-state index contributed by atoms with van der Waals surface area (Å²) in [6.07, 6.45) is 1.83. The third kappa shape index (κ3) is 4.47. The van der Waals surface area contributed by atoms with Crippen LogP contribution in [0.15, 0.2) is 24.4 Å². The number of pyridine rings is 1. The molecule has 6 nitrogen and oxygen atoms in total. The third-order valence-corrected chi connectivity index (χ3v) is 5.23. The van der Waals surface area contributed by atoms with Crippen LogP contribution in [0.5, 0.6) is 0 Å². The van der Waals surface area contributed by atoms with Crippen molar-refractivity contribution in [2.75, 3.05) is 25.4 Å². The lowest BCUT2D eigenvalue weighted by atomic mass is 10.1. The van der Waals surface area contributed by atoms with E-state index in [-0.39, 0.29) is 11.9 Å². The molecule has 0 bridgehead atoms. The fourth-order valence-electron chi connectivity index (χ4n) is 2.49. The zero-order chi connectivity index (χ0) is 15.5. The first-order valence-corrected chi connectivity index (χ1v) is 8.69. The van der Waals surface area contributed by atoms with Crippen molar-refractivity contribution >= 4 is 10.0 Å². The van der Waals surface area contributed by atoms with Crippen LogP contribution in [0.4, 0.5) is 0 Å². The molecular weight excluding hydrogens is 290 g/mol. The van der Waals surface area contributed by atoms with Gasteiger partial charge in [0, 0.05) is 37.9 Å². The fraction of sp³-hybridized carbons (Fsp3) is 0.643. The van der Waals surface area contributed by atoms with Crippen molar-refractivity contribution in [2.45, 2.75) is 32.0 Å². The van der Waals surface area contributed by atoms with Crippen LogP contribution in [0, 0.1) is 0 Å². The van der Waals surface area contributed by atoms with Crippen molar-refractivity contribution in [2.24, 2.45) is 5.73 Å². The van der Waals surface area contributed by atoms with Gasteiger partial charge in [-0.15, -0.1) is 0 Å². The van der Waals surface area contributed by atoms with E-state index in [1.54, 1.807) is 6.20 Å². The number of morpholine rings is 1. The number of nitrogens with zero attached hydrogens (tertiary/aromatic N) is 2. The minimum absolute atomic E-state index is 0.0530. The molecule has 0 aliphatic carbocycles. The largest absolute Gasteiger partial charge is 0.368 e. The predicted molar refractivity (Wildman–Crippen MR) is 81.3 cm³/mol. The first-order chi connectivity index (χ1) is 9.82. The van der Waals surface area contributed by atoms with Gasteiger partial charge < -0.3 is 10.5 Å². The molecule has 1 aromatic heterocycles. The highest BCUT2D eigenvalue weighted by Gasteiger charge is 2.38. The van der Waals surface area contributed by atoms with E-state index in [1.807, 2.05) is 32.0 Å². The van der Waals surface area contributed by atoms with Gasteiger partial charge in [0.15, 0.2) is 0 Å². The Balaban J connectivity index is 2.04. The van der Waals surface area contributed by atoms with Crippen LogP contribution in [-0.4, -0.2) is 54.8 Å². The van der Waals surface area contributed by atoms with Gasteiger partial charge in [0.2, 0.25) is 10.0 Å². The lowest BCUT2D eigenvalue weighted by Gasteiger charge is -2.41. The van der Waals surface area contributed by atoms with Gasteiger partial charge in [0.1, 0.15) is 0 Å². The summed E-state index contributed by atoms with van der Waals surface area (Å²) < 4.78 is 32.3. The molecular formula is C14H23N3O3S. The van der Waals surface area contributed by atoms with Gasteiger partial charge in [-0.2, -0.15) is 4.31 Å². The maximum Gasteiger partial charge on any atom is 0.214 e. The Labute approximate surface area is 126 Å². The second kappa shape index (κ2) is 6.39. The highest BCUT2D eigenvalue weighted by molar-refractivity contribution is 7.89. The second-order valence-electron chi connectivity index (χ2n) is 5.91. The molecule has 1 aliphatic rings. The van der Waals surface area contributed by atoms with Crippen LogP contribution in [0.25, 0.3) is 0 Å². The minimum atomic E-state index is -3.34. The van der Waals surface area contributed by atoms with Crippen molar-refractivity contribution in [1.29, 1.82) is 0 Å². The molecule has 21 heavy (non-hydrogen) atoms. The molecule has 0 amide bonds. The number of aromatic nitrogens is 1. The topological polar surface area (TPSA) is 85.5 Å². The van der Waals surface area contributed by atoms with Gasteiger partial charge in [-0.1, -0.05) is 6.07 Å². The standard InChI is InChI=1S/C14H23N3O3S/c1-14(2)11-17(10-13(9-15)20-14)21(18,19)8-6-12-5-3-4-7-16-12/h3-5,7,13H,6,8-11,15H2,1-2H3. The van der Waals surface area contributed by atoms with E-state index in [2.05, 4.69) is 4.98 Å². The number of rotatable bonds is 5. The predicted octanol–water partition coefficient (Wildman–Crippen LogP) is 0.392. The molecule has 1 saturated heterocycles. The van der Waals surface area contributed by atoms with E-state index in [1.165, 1.54) is 4.31 Å². The van der Waals surface area contributed by atoms with Crippen LogP contribution >= 0.6 is 0 Å². The quantitative estimate of drug-likeness (QED) is 0.850. The van der Waals surface area contributed by atoms with Gasteiger partial charge >= 0.3 is 0 Å². The Hall–Kier alpha value is -1.02. The Morgan fingerprint density at radius 1 is 1.48 bits per heavy atom. The lowest BCUT2D eigenvalue weighted by molar-refractivity contribution is -0.112. The molecule has 2 heterocycles. The van der Waals surface area contributed by atoms with E-state index in [0.29, 0.717) is 26.1 Å². The van der Waals surface area contributed by atoms with E-state index in [9.17, 15) is 8.42 Å². The Kier molecular flexibility index (Phi) is 4.98. The molecule has 0 radical (unpaired) electrons. The van der Waals surface area contributed by atoms with Crippen LogP contribution in [0.2, 0.25) is 0 Å². The Morgan fingerprint density at radius 2 is 2.24 bits per heavy atom. The second-order valence-corrected chi connectivity index (χ2v) is 8.00. The molecule has 2 N–H and O–H groups in total. The number of aryl methyl sites for hydroxylation is 1. The molecule has 1 atom stereocenters. The maximum absolute atomic E-state index is 12.5. The molecule has 1 aliphatic heterocycles. The Morgan fingerprint density at radius 3 is 2.86 bits per heavy atom. The summed E-state index contributed by atoms with van der Waals surface area (Å²) in [5.41, 5.74) is 5.91. The molecule has 0 saturated carbocycles. The maximum atomic E-state index is 12.5. The summed E-state index contributed by atoms with van der Waals surface area (Å²) in [4.78, 5) is 4.16. The third-order valence-electron chi connectivity index (χ3n) is 3.45. The highest BCUT2D eigenvalue weighted by Crippen LogP contribution is 2.23. The average Bonchev–Trinajstić information content (AvgIpc) is 2.44. The zero-order valence-corrected chi connectivity index (χ0v) is 13.3. The number of hydrogen-bond acceptors (Lipinski definition) is 5. The first kappa shape index (κ1) is 16.4. The number of sulfonamides is 1. The molecule has 0 aromatic carbocycles. The van der Waals surface area contributed by atoms with E-state index >= 15 is 0 Å². The first-order valence-electron chi connectivity index (χ1n) is 7.08. The monoisotopic (exact) mass is 313 g/mol. The van der Waals surface area contributed by atoms with Crippen molar-refractivity contribution in [3.63, 3.8) is 0 Å². The van der Waals surface area contributed by atoms with Crippen LogP contribution in [-0.2, 0) is 21.2 Å². The summed E-state index contributed by atoms with van der Waals surface area (Å²) in [6, 6.07) is 5.51. The molecule has 0 spiro atoms. The van der Waals surface area contributed by atoms with Gasteiger partial charge in [-0.3, -0.25) is 4.98 Å². The van der Waals surface area contributed by atoms with E-state index in [0.717, 1.165) is 5.69 Å². The van der Waals surface area contributed by atoms with Gasteiger partial charge in [0.25, 0.3) is 0 Å². The average molecular weight is 313 g/mol. The molecule has 7 heteroatoms. The van der Waals surface area contributed by atoms with Gasteiger partial charge in [-0.05, 0) is 26.0 Å². The summed E-state index contributed by atoms with van der Waals surface area (Å²) in [7, 11) is -3.34. The van der Waals surface area contributed by atoms with Crippen molar-refractivity contribution in [3.8, 4) is 0 Å². The van der Waals surface area contributed by atoms with Crippen molar-refractivity contribution < 1.29 is 13.2 Å². The summed E-state index contributed by atoms with van der Waals surface area (Å²) in [6.45, 7) is 4.76. The zero-order valence-electron chi connectivity index (χ0n) is 12.5. The van der Waals surface area contributed by atoms with Crippen LogP contribution < -0.4 is 5.73 Å². The molecule has 1 aromatic rings. The van der Waals surface area contributed by atoms with Crippen LogP contribution in [0.3, 0.4) is 0 Å². The summed E-state index contributed by atoms with van der Waals surface area (Å²) >= 11 is 0. The van der Waals surface area contributed by atoms with Gasteiger partial charge in [0.05, 0.1) is 17.5 Å². The summed E-state index contributed by atoms with van der Waals surface area (Å²) in [5, 5.41) is 0. The number of ether oxygens (including phenoxy) is 1. The van der Waals surface area contributed by atoms with E-state index < -0.39 is 15.6 Å². The normalized spacial score (nSPS) is 23.1. The fourth-order valence-corrected chi connectivity index (χ4v) is 4.11. The lowest BCUT2D eigenvalue weighted by Crippen LogP contribution is -2.56. The number of nitrogens with two attached hydrogens (primary N) is 1. The minimum Gasteiger partial charge on any atom is -0.368 e. The Bertz CT molecular complexity index is 560. The highest BCUT2D eigenvalue weighted by atomic mass is 32.2. The van der Waals surface area contributed by atoms with Crippen molar-refractivity contribution in [1.82, 2.24) is 9.29 Å². The molecule has 1 fully saturated rings. The number of hydrogen-bond donors (Lipinski definition) is 1. The van der Waals surface area contributed by atoms with Crippen LogP contribution in [0.1, 0.15) is 19.5 Å². The summed E-state index contributed by atoms with van der Waals surface area (Å²) in [5.74, 6) is 0.0530. The molecule has 1 unspecified atom stereocenters. The smallest absolute Gasteiger partial charge is 0.214 e. The molecule has 2 rings (SSSR count). The molecule has 118 valence electrons.